The molecule has 0 radical (unpaired) electrons. The van der Waals surface area contributed by atoms with Gasteiger partial charge in [0.05, 0.1) is 18.2 Å². The predicted octanol–water partition coefficient (Wildman–Crippen LogP) is 3.83. The second kappa shape index (κ2) is 9.80. The summed E-state index contributed by atoms with van der Waals surface area (Å²) in [6, 6.07) is 0.0347. The Bertz CT molecular complexity index is 604. The maximum Gasteiger partial charge on any atom is 0.391 e. The van der Waals surface area contributed by atoms with Gasteiger partial charge in [-0.1, -0.05) is 0 Å². The predicted molar refractivity (Wildman–Crippen MR) is 108 cm³/mol. The third kappa shape index (κ3) is 6.02. The molecule has 26 heavy (non-hydrogen) atoms. The van der Waals surface area contributed by atoms with Crippen molar-refractivity contribution in [2.24, 2.45) is 18.0 Å². The Morgan fingerprint density at radius 2 is 1.85 bits per heavy atom. The number of guanidine groups is 1. The minimum absolute atomic E-state index is 0. The number of nitrogens with one attached hydrogen (secondary N) is 2. The molecule has 0 spiro atoms. The summed E-state index contributed by atoms with van der Waals surface area (Å²) in [6.45, 7) is 7.13. The molecule has 5 nitrogen and oxygen atoms in total. The normalized spacial score (nSPS) is 21.3. The van der Waals surface area contributed by atoms with E-state index in [0.29, 0.717) is 31.9 Å². The van der Waals surface area contributed by atoms with E-state index < -0.39 is 12.1 Å². The third-order valence-corrected chi connectivity index (χ3v) is 4.93. The molecule has 1 aliphatic carbocycles. The first kappa shape index (κ1) is 23.0. The maximum atomic E-state index is 12.8. The monoisotopic (exact) mass is 487 g/mol. The molecule has 1 fully saturated rings. The van der Waals surface area contributed by atoms with Crippen LogP contribution in [0.4, 0.5) is 13.2 Å². The fourth-order valence-corrected chi connectivity index (χ4v) is 3.28. The number of aryl methyl sites for hydroxylation is 2. The Balaban J connectivity index is 0.00000338. The zero-order chi connectivity index (χ0) is 18.6. The van der Waals surface area contributed by atoms with E-state index >= 15 is 0 Å². The van der Waals surface area contributed by atoms with Crippen molar-refractivity contribution in [1.82, 2.24) is 20.4 Å². The third-order valence-electron chi connectivity index (χ3n) is 4.93. The molecule has 0 amide bonds. The summed E-state index contributed by atoms with van der Waals surface area (Å²) in [4.78, 5) is 4.60. The van der Waals surface area contributed by atoms with Crippen LogP contribution in [-0.2, 0) is 13.6 Å². The van der Waals surface area contributed by atoms with E-state index in [4.69, 9.17) is 0 Å². The molecule has 0 atom stereocenters. The molecule has 0 aliphatic heterocycles. The van der Waals surface area contributed by atoms with Crippen molar-refractivity contribution in [3.63, 3.8) is 0 Å². The van der Waals surface area contributed by atoms with Crippen LogP contribution in [0, 0.1) is 19.8 Å². The van der Waals surface area contributed by atoms with E-state index in [-0.39, 0.29) is 42.9 Å². The number of hydrogen-bond donors (Lipinski definition) is 2. The van der Waals surface area contributed by atoms with Gasteiger partial charge < -0.3 is 10.6 Å². The second-order valence-electron chi connectivity index (χ2n) is 6.70. The van der Waals surface area contributed by atoms with Crippen molar-refractivity contribution >= 4 is 29.9 Å². The molecule has 1 aliphatic rings. The lowest BCUT2D eigenvalue weighted by molar-refractivity contribution is -0.182. The SMILES string of the molecule is CCNC(=NCc1c(C)nn(C)c1C)NC1CCC(C(F)(F)F)CC1.I. The first-order valence-corrected chi connectivity index (χ1v) is 8.83. The lowest BCUT2D eigenvalue weighted by Crippen LogP contribution is -2.45. The van der Waals surface area contributed by atoms with Crippen LogP contribution in [0.15, 0.2) is 4.99 Å². The van der Waals surface area contributed by atoms with Gasteiger partial charge in [-0.2, -0.15) is 18.3 Å². The fraction of sp³-hybridized carbons (Fsp3) is 0.765. The van der Waals surface area contributed by atoms with Gasteiger partial charge in [-0.25, -0.2) is 4.99 Å². The van der Waals surface area contributed by atoms with Crippen molar-refractivity contribution in [3.8, 4) is 0 Å². The van der Waals surface area contributed by atoms with Crippen molar-refractivity contribution in [3.05, 3.63) is 17.0 Å². The lowest BCUT2D eigenvalue weighted by atomic mass is 9.85. The standard InChI is InChI=1S/C17H28F3N5.HI/c1-5-21-16(22-10-15-11(2)24-25(4)12(15)3)23-14-8-6-13(7-9-14)17(18,19)20;/h13-14H,5-10H2,1-4H3,(H2,21,22,23);1H. The Morgan fingerprint density at radius 3 is 2.31 bits per heavy atom. The number of hydrogen-bond acceptors (Lipinski definition) is 2. The Kier molecular flexibility index (Phi) is 8.68. The molecule has 150 valence electrons. The Hall–Kier alpha value is -1.00. The molecular formula is C17H29F3IN5. The number of halogens is 4. The van der Waals surface area contributed by atoms with E-state index in [9.17, 15) is 13.2 Å². The largest absolute Gasteiger partial charge is 0.391 e. The molecule has 0 saturated heterocycles. The summed E-state index contributed by atoms with van der Waals surface area (Å²) in [6.07, 6.45) is -2.68. The van der Waals surface area contributed by atoms with Crippen molar-refractivity contribution in [1.29, 1.82) is 0 Å². The van der Waals surface area contributed by atoms with Crippen LogP contribution in [0.2, 0.25) is 0 Å². The lowest BCUT2D eigenvalue weighted by Gasteiger charge is -2.31. The van der Waals surface area contributed by atoms with E-state index in [1.54, 1.807) is 0 Å². The van der Waals surface area contributed by atoms with Crippen LogP contribution in [0.3, 0.4) is 0 Å². The number of aromatic nitrogens is 2. The highest BCUT2D eigenvalue weighted by molar-refractivity contribution is 14.0. The molecule has 1 aromatic rings. The molecule has 0 bridgehead atoms. The molecular weight excluding hydrogens is 458 g/mol. The van der Waals surface area contributed by atoms with Gasteiger partial charge in [-0.05, 0) is 46.5 Å². The van der Waals surface area contributed by atoms with Crippen molar-refractivity contribution < 1.29 is 13.2 Å². The summed E-state index contributed by atoms with van der Waals surface area (Å²) in [5.74, 6) is -0.508. The zero-order valence-corrected chi connectivity index (χ0v) is 18.1. The van der Waals surface area contributed by atoms with Gasteiger partial charge in [0.15, 0.2) is 5.96 Å². The first-order chi connectivity index (χ1) is 11.7. The molecule has 9 heteroatoms. The molecule has 1 heterocycles. The molecule has 1 saturated carbocycles. The van der Waals surface area contributed by atoms with Gasteiger partial charge >= 0.3 is 6.18 Å². The minimum atomic E-state index is -4.07. The molecule has 2 rings (SSSR count). The zero-order valence-electron chi connectivity index (χ0n) is 15.8. The number of aliphatic imine (C=N–C) groups is 1. The first-order valence-electron chi connectivity index (χ1n) is 8.83. The molecule has 2 N–H and O–H groups in total. The fourth-order valence-electron chi connectivity index (χ4n) is 3.28. The van der Waals surface area contributed by atoms with Gasteiger partial charge in [-0.3, -0.25) is 4.68 Å². The Morgan fingerprint density at radius 1 is 1.23 bits per heavy atom. The molecule has 0 unspecified atom stereocenters. The van der Waals surface area contributed by atoms with Gasteiger partial charge in [-0.15, -0.1) is 24.0 Å². The van der Waals surface area contributed by atoms with Gasteiger partial charge in [0.1, 0.15) is 0 Å². The van der Waals surface area contributed by atoms with Gasteiger partial charge in [0.2, 0.25) is 0 Å². The highest BCUT2D eigenvalue weighted by Crippen LogP contribution is 2.37. The molecule has 0 aromatic carbocycles. The average Bonchev–Trinajstić information content (AvgIpc) is 2.78. The average molecular weight is 487 g/mol. The Labute approximate surface area is 170 Å². The summed E-state index contributed by atoms with van der Waals surface area (Å²) in [7, 11) is 1.90. The van der Waals surface area contributed by atoms with E-state index in [0.717, 1.165) is 17.0 Å². The van der Waals surface area contributed by atoms with Crippen LogP contribution >= 0.6 is 24.0 Å². The smallest absolute Gasteiger partial charge is 0.357 e. The van der Waals surface area contributed by atoms with Gasteiger partial charge in [0.25, 0.3) is 0 Å². The van der Waals surface area contributed by atoms with Crippen LogP contribution in [-0.4, -0.2) is 34.5 Å². The summed E-state index contributed by atoms with van der Waals surface area (Å²) >= 11 is 0. The van der Waals surface area contributed by atoms with Gasteiger partial charge in [0, 0.05) is 30.9 Å². The second-order valence-corrected chi connectivity index (χ2v) is 6.70. The van der Waals surface area contributed by atoms with Crippen LogP contribution in [0.1, 0.15) is 49.6 Å². The van der Waals surface area contributed by atoms with Crippen LogP contribution < -0.4 is 10.6 Å². The van der Waals surface area contributed by atoms with Crippen LogP contribution in [0.5, 0.6) is 0 Å². The number of rotatable bonds is 4. The van der Waals surface area contributed by atoms with Crippen LogP contribution in [0.25, 0.3) is 0 Å². The quantitative estimate of drug-likeness (QED) is 0.386. The number of alkyl halides is 3. The van der Waals surface area contributed by atoms with E-state index in [2.05, 4.69) is 20.7 Å². The summed E-state index contributed by atoms with van der Waals surface area (Å²) in [5.41, 5.74) is 3.11. The molecule has 1 aromatic heterocycles. The summed E-state index contributed by atoms with van der Waals surface area (Å²) < 4.78 is 40.2. The topological polar surface area (TPSA) is 54.2 Å². The van der Waals surface area contributed by atoms with E-state index in [1.807, 2.05) is 32.5 Å². The maximum absolute atomic E-state index is 12.8. The van der Waals surface area contributed by atoms with E-state index in [1.165, 1.54) is 0 Å². The summed E-state index contributed by atoms with van der Waals surface area (Å²) in [5, 5.41) is 10.8. The number of nitrogens with zero attached hydrogens (tertiary/aromatic N) is 3. The highest BCUT2D eigenvalue weighted by Gasteiger charge is 2.41. The minimum Gasteiger partial charge on any atom is -0.357 e. The van der Waals surface area contributed by atoms with Crippen molar-refractivity contribution in [2.75, 3.05) is 6.54 Å². The van der Waals surface area contributed by atoms with Crippen molar-refractivity contribution in [2.45, 2.75) is 65.2 Å². The highest BCUT2D eigenvalue weighted by atomic mass is 127.